The van der Waals surface area contributed by atoms with E-state index in [1.807, 2.05) is 0 Å². The maximum atomic E-state index is 11.4. The molecule has 0 heterocycles. The molecule has 0 aliphatic rings. The van der Waals surface area contributed by atoms with Crippen LogP contribution in [0.3, 0.4) is 0 Å². The van der Waals surface area contributed by atoms with Gasteiger partial charge in [-0.1, -0.05) is 12.5 Å². The van der Waals surface area contributed by atoms with Crippen molar-refractivity contribution in [2.75, 3.05) is 13.1 Å². The Morgan fingerprint density at radius 2 is 2.05 bits per heavy atom. The number of hydrogen-bond donors (Lipinski definition) is 2. The molecule has 0 aromatic carbocycles. The summed E-state index contributed by atoms with van der Waals surface area (Å²) in [7, 11) is 0. The van der Waals surface area contributed by atoms with E-state index in [1.54, 1.807) is 0 Å². The Kier molecular flexibility index (Phi) is 10.0. The minimum atomic E-state index is -1.28. The summed E-state index contributed by atoms with van der Waals surface area (Å²) in [4.78, 5) is 36.5. The van der Waals surface area contributed by atoms with Crippen molar-refractivity contribution in [1.82, 2.24) is 4.90 Å². The van der Waals surface area contributed by atoms with E-state index < -0.39 is 18.0 Å². The van der Waals surface area contributed by atoms with Crippen LogP contribution in [-0.2, 0) is 9.59 Å². The van der Waals surface area contributed by atoms with Gasteiger partial charge < -0.3 is 10.2 Å². The molecule has 1 amide bonds. The molecule has 1 atom stereocenters. The summed E-state index contributed by atoms with van der Waals surface area (Å²) in [6, 6.07) is 2.46. The fourth-order valence-corrected chi connectivity index (χ4v) is 1.47. The lowest BCUT2D eigenvalue weighted by Crippen LogP contribution is -2.31. The largest absolute Gasteiger partial charge is 0.464 e. The maximum Gasteiger partial charge on any atom is 0.419 e. The molecule has 120 valence electrons. The van der Waals surface area contributed by atoms with Crippen molar-refractivity contribution in [3.63, 3.8) is 0 Å². The van der Waals surface area contributed by atoms with E-state index in [1.165, 1.54) is 13.0 Å². The SMILES string of the molecule is C=C(C)C(=O)C(O)CCN(C#CCCCCN=C=O)C(=O)O. The van der Waals surface area contributed by atoms with Gasteiger partial charge in [0.15, 0.2) is 5.78 Å². The van der Waals surface area contributed by atoms with Crippen LogP contribution in [0.25, 0.3) is 0 Å². The van der Waals surface area contributed by atoms with Gasteiger partial charge in [-0.2, -0.15) is 0 Å². The zero-order chi connectivity index (χ0) is 17.0. The predicted molar refractivity (Wildman–Crippen MR) is 79.8 cm³/mol. The molecule has 7 nitrogen and oxygen atoms in total. The van der Waals surface area contributed by atoms with Crippen LogP contribution in [0.5, 0.6) is 0 Å². The van der Waals surface area contributed by atoms with Crippen molar-refractivity contribution in [3.8, 4) is 12.0 Å². The molecule has 0 aliphatic heterocycles. The molecule has 7 heteroatoms. The first kappa shape index (κ1) is 19.6. The fourth-order valence-electron chi connectivity index (χ4n) is 1.47. The molecule has 0 aromatic heterocycles. The van der Waals surface area contributed by atoms with Gasteiger partial charge in [0.25, 0.3) is 0 Å². The number of carboxylic acid groups (broad SMARTS) is 1. The van der Waals surface area contributed by atoms with Crippen molar-refractivity contribution >= 4 is 18.0 Å². The number of aliphatic hydroxyl groups is 1. The number of amides is 1. The second-order valence-electron chi connectivity index (χ2n) is 4.60. The molecule has 0 aliphatic carbocycles. The zero-order valence-corrected chi connectivity index (χ0v) is 12.5. The Balaban J connectivity index is 4.27. The van der Waals surface area contributed by atoms with Gasteiger partial charge >= 0.3 is 6.09 Å². The average Bonchev–Trinajstić information content (AvgIpc) is 2.47. The number of carbonyl (C=O) groups is 2. The smallest absolute Gasteiger partial charge is 0.419 e. The summed E-state index contributed by atoms with van der Waals surface area (Å²) < 4.78 is 0. The normalized spacial score (nSPS) is 10.6. The first-order valence-electron chi connectivity index (χ1n) is 6.80. The number of nitrogens with zero attached hydrogens (tertiary/aromatic N) is 2. The van der Waals surface area contributed by atoms with Crippen LogP contribution in [0.15, 0.2) is 17.1 Å². The van der Waals surface area contributed by atoms with Crippen LogP contribution in [0.4, 0.5) is 4.79 Å². The molecule has 0 aromatic rings. The van der Waals surface area contributed by atoms with Gasteiger partial charge in [-0.3, -0.25) is 4.79 Å². The van der Waals surface area contributed by atoms with Crippen molar-refractivity contribution in [3.05, 3.63) is 12.2 Å². The highest BCUT2D eigenvalue weighted by Crippen LogP contribution is 2.03. The number of hydrogen-bond acceptors (Lipinski definition) is 5. The Morgan fingerprint density at radius 1 is 1.36 bits per heavy atom. The topological polar surface area (TPSA) is 107 Å². The monoisotopic (exact) mass is 308 g/mol. The quantitative estimate of drug-likeness (QED) is 0.167. The highest BCUT2D eigenvalue weighted by atomic mass is 16.4. The molecule has 0 rings (SSSR count). The van der Waals surface area contributed by atoms with E-state index >= 15 is 0 Å². The number of carbonyl (C=O) groups excluding carboxylic acids is 2. The number of aliphatic imine (C=N–C) groups is 1. The highest BCUT2D eigenvalue weighted by Gasteiger charge is 2.18. The van der Waals surface area contributed by atoms with Gasteiger partial charge in [-0.25, -0.2) is 19.5 Å². The van der Waals surface area contributed by atoms with Gasteiger partial charge in [0.2, 0.25) is 6.08 Å². The standard InChI is InChI=1S/C15H20N2O5/c1-12(2)14(20)13(19)7-10-17(15(21)22)9-6-4-3-5-8-16-11-18/h13,19H,1,3-5,7-8,10H2,2H3,(H,21,22). The van der Waals surface area contributed by atoms with Gasteiger partial charge in [0.1, 0.15) is 6.10 Å². The van der Waals surface area contributed by atoms with E-state index in [2.05, 4.69) is 23.5 Å². The van der Waals surface area contributed by atoms with E-state index in [-0.39, 0.29) is 18.5 Å². The number of ketones is 1. The Bertz CT molecular complexity index is 512. The lowest BCUT2D eigenvalue weighted by molar-refractivity contribution is -0.123. The Labute approximate surface area is 129 Å². The summed E-state index contributed by atoms with van der Waals surface area (Å²) in [6.07, 6.45) is 0.689. The van der Waals surface area contributed by atoms with Gasteiger partial charge in [0, 0.05) is 19.0 Å². The maximum absolute atomic E-state index is 11.4. The average molecular weight is 308 g/mol. The number of unbranched alkanes of at least 4 members (excludes halogenated alkanes) is 2. The lowest BCUT2D eigenvalue weighted by Gasteiger charge is -2.14. The molecule has 0 saturated carbocycles. The minimum Gasteiger partial charge on any atom is -0.464 e. The molecule has 22 heavy (non-hydrogen) atoms. The Hall–Kier alpha value is -2.42. The van der Waals surface area contributed by atoms with Crippen molar-refractivity contribution < 1.29 is 24.6 Å². The molecule has 0 bridgehead atoms. The van der Waals surface area contributed by atoms with Crippen molar-refractivity contribution in [1.29, 1.82) is 0 Å². The second-order valence-corrected chi connectivity index (χ2v) is 4.60. The van der Waals surface area contributed by atoms with E-state index in [0.717, 1.165) is 4.90 Å². The van der Waals surface area contributed by atoms with Gasteiger partial charge in [-0.15, -0.1) is 0 Å². The van der Waals surface area contributed by atoms with Crippen molar-refractivity contribution in [2.45, 2.75) is 38.7 Å². The molecule has 0 saturated heterocycles. The molecular weight excluding hydrogens is 288 g/mol. The second kappa shape index (κ2) is 11.3. The zero-order valence-electron chi connectivity index (χ0n) is 12.5. The van der Waals surface area contributed by atoms with E-state index in [9.17, 15) is 19.5 Å². The third-order valence-corrected chi connectivity index (χ3v) is 2.68. The molecule has 0 fully saturated rings. The molecule has 0 spiro atoms. The lowest BCUT2D eigenvalue weighted by atomic mass is 10.1. The van der Waals surface area contributed by atoms with Crippen molar-refractivity contribution in [2.24, 2.45) is 4.99 Å². The molecule has 2 N–H and O–H groups in total. The van der Waals surface area contributed by atoms with Crippen LogP contribution >= 0.6 is 0 Å². The summed E-state index contributed by atoms with van der Waals surface area (Å²) in [5.74, 6) is 2.18. The van der Waals surface area contributed by atoms with Gasteiger partial charge in [-0.05, 0) is 31.8 Å². The van der Waals surface area contributed by atoms with Crippen LogP contribution in [0, 0.1) is 12.0 Å². The van der Waals surface area contributed by atoms with Crippen LogP contribution < -0.4 is 0 Å². The van der Waals surface area contributed by atoms with E-state index in [0.29, 0.717) is 25.8 Å². The summed E-state index contributed by atoms with van der Waals surface area (Å²) in [6.45, 7) is 5.22. The summed E-state index contributed by atoms with van der Waals surface area (Å²) in [5, 5.41) is 18.6. The Morgan fingerprint density at radius 3 is 2.59 bits per heavy atom. The number of aliphatic hydroxyl groups excluding tert-OH is 1. The fraction of sp³-hybridized carbons (Fsp3) is 0.533. The molecular formula is C15H20N2O5. The van der Waals surface area contributed by atoms with Crippen LogP contribution in [-0.4, -0.2) is 52.3 Å². The number of rotatable bonds is 9. The van der Waals surface area contributed by atoms with Crippen LogP contribution in [0.2, 0.25) is 0 Å². The highest BCUT2D eigenvalue weighted by molar-refractivity contribution is 5.97. The third kappa shape index (κ3) is 8.69. The predicted octanol–water partition coefficient (Wildman–Crippen LogP) is 1.33. The number of Topliss-reactive ketones (excluding diaryl/α,β-unsaturated/α-hetero) is 1. The molecule has 0 radical (unpaired) electrons. The van der Waals surface area contributed by atoms with Gasteiger partial charge in [0.05, 0.1) is 6.54 Å². The van der Waals surface area contributed by atoms with Crippen LogP contribution in [0.1, 0.15) is 32.6 Å². The summed E-state index contributed by atoms with van der Waals surface area (Å²) >= 11 is 0. The third-order valence-electron chi connectivity index (χ3n) is 2.68. The molecule has 1 unspecified atom stereocenters. The number of isocyanates is 1. The summed E-state index contributed by atoms with van der Waals surface area (Å²) in [5.41, 5.74) is 0.221. The first-order valence-corrected chi connectivity index (χ1v) is 6.80. The van der Waals surface area contributed by atoms with E-state index in [4.69, 9.17) is 5.11 Å². The minimum absolute atomic E-state index is 0.0409. The first-order chi connectivity index (χ1) is 10.4.